The van der Waals surface area contributed by atoms with Crippen LogP contribution in [0.1, 0.15) is 6.92 Å². The van der Waals surface area contributed by atoms with Crippen LogP contribution in [0.2, 0.25) is 0 Å². The number of aromatic nitrogens is 3. The van der Waals surface area contributed by atoms with Crippen LogP contribution < -0.4 is 15.1 Å². The number of alkyl halides is 1. The molecule has 0 aliphatic heterocycles. The minimum Gasteiger partial charge on any atom is -0.491 e. The molecular formula is C13H15ClN4O5S2. The lowest BCUT2D eigenvalue weighted by Crippen LogP contribution is -2.40. The van der Waals surface area contributed by atoms with Gasteiger partial charge in [0.2, 0.25) is 0 Å². The van der Waals surface area contributed by atoms with Crippen LogP contribution in [0.3, 0.4) is 0 Å². The molecule has 1 N–H and O–H groups in total. The monoisotopic (exact) mass is 406 g/mol. The maximum Gasteiger partial charge on any atom is 0.364 e. The molecule has 0 aliphatic carbocycles. The second-order valence-electron chi connectivity index (χ2n) is 4.46. The van der Waals surface area contributed by atoms with Gasteiger partial charge < -0.3 is 4.74 Å². The fourth-order valence-corrected chi connectivity index (χ4v) is 3.54. The van der Waals surface area contributed by atoms with Crippen molar-refractivity contribution < 1.29 is 17.9 Å². The highest BCUT2D eigenvalue weighted by molar-refractivity contribution is 7.97. The number of nitrogens with one attached hydrogen (secondary N) is 1. The molecule has 0 unspecified atom stereocenters. The highest BCUT2D eigenvalue weighted by Gasteiger charge is 2.24. The molecule has 1 heterocycles. The summed E-state index contributed by atoms with van der Waals surface area (Å²) in [5, 5.41) is 3.61. The van der Waals surface area contributed by atoms with E-state index in [1.54, 1.807) is 10.8 Å². The predicted molar refractivity (Wildman–Crippen MR) is 93.8 cm³/mol. The van der Waals surface area contributed by atoms with Gasteiger partial charge in [0.05, 0.1) is 5.88 Å². The normalized spacial score (nSPS) is 11.3. The van der Waals surface area contributed by atoms with E-state index in [9.17, 15) is 18.0 Å². The van der Waals surface area contributed by atoms with Crippen LogP contribution in [-0.4, -0.2) is 46.4 Å². The number of carbonyl (C=O) groups is 1. The molecule has 0 saturated carbocycles. The van der Waals surface area contributed by atoms with Crippen molar-refractivity contribution >= 4 is 39.6 Å². The fourth-order valence-electron chi connectivity index (χ4n) is 1.81. The third-order valence-corrected chi connectivity index (χ3v) is 5.10. The molecule has 2 aromatic rings. The van der Waals surface area contributed by atoms with Crippen LogP contribution in [0.5, 0.6) is 5.75 Å². The molecule has 12 heteroatoms. The van der Waals surface area contributed by atoms with E-state index in [1.807, 2.05) is 6.92 Å². The predicted octanol–water partition coefficient (Wildman–Crippen LogP) is 1.13. The summed E-state index contributed by atoms with van der Waals surface area (Å²) in [5.41, 5.74) is -0.758. The summed E-state index contributed by atoms with van der Waals surface area (Å²) < 4.78 is 33.5. The van der Waals surface area contributed by atoms with Crippen molar-refractivity contribution in [2.45, 2.75) is 11.8 Å². The molecule has 2 rings (SSSR count). The Balaban J connectivity index is 2.27. The maximum atomic E-state index is 12.4. The highest BCUT2D eigenvalue weighted by atomic mass is 35.5. The molecule has 0 saturated heterocycles. The molecule has 0 bridgehead atoms. The number of benzene rings is 1. The van der Waals surface area contributed by atoms with Crippen molar-refractivity contribution in [3.63, 3.8) is 0 Å². The Hall–Kier alpha value is -1.98. The van der Waals surface area contributed by atoms with Gasteiger partial charge in [-0.25, -0.2) is 26.7 Å². The van der Waals surface area contributed by atoms with E-state index in [4.69, 9.17) is 16.3 Å². The number of nitrogens with zero attached hydrogens (tertiary/aromatic N) is 3. The Kier molecular flexibility index (Phi) is 6.51. The standard InChI is InChI=1S/C13H15ClN4O5S2/c1-2-24-17-9-15-18(13(17)20)12(19)16-25(21,22)11-6-4-3-5-10(11)23-8-7-14/h3-6,9H,2,7-8H2,1H3,(H,16,19). The number of para-hydroxylation sites is 1. The number of ether oxygens (including phenoxy) is 1. The lowest BCUT2D eigenvalue weighted by Gasteiger charge is -2.11. The van der Waals surface area contributed by atoms with E-state index < -0.39 is 21.7 Å². The molecule has 1 aromatic heterocycles. The molecule has 0 spiro atoms. The van der Waals surface area contributed by atoms with Crippen molar-refractivity contribution in [2.75, 3.05) is 18.2 Å². The SMILES string of the molecule is CCSn1cnn(C(=O)NS(=O)(=O)c2ccccc2OCCCl)c1=O. The van der Waals surface area contributed by atoms with Gasteiger partial charge in [-0.15, -0.1) is 21.4 Å². The van der Waals surface area contributed by atoms with Gasteiger partial charge in [-0.2, -0.15) is 0 Å². The summed E-state index contributed by atoms with van der Waals surface area (Å²) in [4.78, 5) is 23.9. The molecule has 9 nitrogen and oxygen atoms in total. The zero-order valence-electron chi connectivity index (χ0n) is 13.1. The maximum absolute atomic E-state index is 12.4. The molecule has 1 amide bonds. The Morgan fingerprint density at radius 1 is 1.40 bits per heavy atom. The zero-order chi connectivity index (χ0) is 18.4. The van der Waals surface area contributed by atoms with Gasteiger partial charge >= 0.3 is 11.7 Å². The van der Waals surface area contributed by atoms with Crippen molar-refractivity contribution in [3.8, 4) is 5.75 Å². The van der Waals surface area contributed by atoms with Crippen molar-refractivity contribution in [2.24, 2.45) is 0 Å². The lowest BCUT2D eigenvalue weighted by molar-refractivity contribution is 0.243. The van der Waals surface area contributed by atoms with Crippen molar-refractivity contribution in [1.29, 1.82) is 0 Å². The Morgan fingerprint density at radius 2 is 2.12 bits per heavy atom. The van der Waals surface area contributed by atoms with Gasteiger partial charge in [-0.1, -0.05) is 19.1 Å². The zero-order valence-corrected chi connectivity index (χ0v) is 15.5. The van der Waals surface area contributed by atoms with Crippen LogP contribution in [-0.2, 0) is 10.0 Å². The average molecular weight is 407 g/mol. The van der Waals surface area contributed by atoms with Crippen LogP contribution in [0.4, 0.5) is 4.79 Å². The molecule has 0 fully saturated rings. The van der Waals surface area contributed by atoms with Gasteiger partial charge in [-0.3, -0.25) is 0 Å². The Labute approximate surface area is 153 Å². The minimum absolute atomic E-state index is 0.0443. The highest BCUT2D eigenvalue weighted by Crippen LogP contribution is 2.23. The summed E-state index contributed by atoms with van der Waals surface area (Å²) >= 11 is 6.66. The molecule has 0 atom stereocenters. The first-order valence-corrected chi connectivity index (χ1v) is 10.0. The molecule has 0 aliphatic rings. The van der Waals surface area contributed by atoms with Crippen LogP contribution in [0.15, 0.2) is 40.3 Å². The summed E-state index contributed by atoms with van der Waals surface area (Å²) in [7, 11) is -4.27. The number of halogens is 1. The first kappa shape index (κ1) is 19.3. The van der Waals surface area contributed by atoms with E-state index in [1.165, 1.54) is 18.2 Å². The average Bonchev–Trinajstić information content (AvgIpc) is 2.94. The third-order valence-electron chi connectivity index (χ3n) is 2.80. The van der Waals surface area contributed by atoms with Gasteiger partial charge in [0.15, 0.2) is 0 Å². The van der Waals surface area contributed by atoms with E-state index in [-0.39, 0.29) is 23.1 Å². The molecular weight excluding hydrogens is 392 g/mol. The van der Waals surface area contributed by atoms with E-state index >= 15 is 0 Å². The summed E-state index contributed by atoms with van der Waals surface area (Å²) in [6, 6.07) is 4.58. The third kappa shape index (κ3) is 4.55. The largest absolute Gasteiger partial charge is 0.491 e. The first-order chi connectivity index (χ1) is 11.9. The Morgan fingerprint density at radius 3 is 2.80 bits per heavy atom. The summed E-state index contributed by atoms with van der Waals surface area (Å²) in [5.74, 6) is 0.794. The number of hydrogen-bond donors (Lipinski definition) is 1. The fraction of sp³-hybridized carbons (Fsp3) is 0.308. The van der Waals surface area contributed by atoms with E-state index in [2.05, 4.69) is 5.10 Å². The van der Waals surface area contributed by atoms with Gasteiger partial charge in [0.1, 0.15) is 23.6 Å². The summed E-state index contributed by atoms with van der Waals surface area (Å²) in [6.45, 7) is 1.91. The molecule has 136 valence electrons. The Bertz CT molecular complexity index is 909. The number of amides is 1. The van der Waals surface area contributed by atoms with E-state index in [0.717, 1.165) is 22.2 Å². The number of sulfonamides is 1. The molecule has 0 radical (unpaired) electrons. The smallest absolute Gasteiger partial charge is 0.364 e. The quantitative estimate of drug-likeness (QED) is 0.685. The van der Waals surface area contributed by atoms with E-state index in [0.29, 0.717) is 10.4 Å². The number of rotatable bonds is 7. The van der Waals surface area contributed by atoms with Crippen molar-refractivity contribution in [3.05, 3.63) is 41.1 Å². The lowest BCUT2D eigenvalue weighted by atomic mass is 10.3. The topological polar surface area (TPSA) is 112 Å². The summed E-state index contributed by atoms with van der Waals surface area (Å²) in [6.07, 6.45) is 1.14. The van der Waals surface area contributed by atoms with Crippen molar-refractivity contribution in [1.82, 2.24) is 18.5 Å². The van der Waals surface area contributed by atoms with Crippen LogP contribution in [0, 0.1) is 0 Å². The minimum atomic E-state index is -4.27. The van der Waals surface area contributed by atoms with Crippen LogP contribution >= 0.6 is 23.5 Å². The molecule has 25 heavy (non-hydrogen) atoms. The second-order valence-corrected chi connectivity index (χ2v) is 7.72. The first-order valence-electron chi connectivity index (χ1n) is 7.05. The van der Waals surface area contributed by atoms with Gasteiger partial charge in [0.25, 0.3) is 10.0 Å². The van der Waals surface area contributed by atoms with Gasteiger partial charge in [-0.05, 0) is 24.1 Å². The second kappa shape index (κ2) is 8.41. The molecule has 1 aromatic carbocycles. The number of hydrogen-bond acceptors (Lipinski definition) is 7. The van der Waals surface area contributed by atoms with Gasteiger partial charge in [0, 0.05) is 5.75 Å². The van der Waals surface area contributed by atoms with Crippen LogP contribution in [0.25, 0.3) is 0 Å². The number of carbonyl (C=O) groups excluding carboxylic acids is 1.